The molecule has 0 saturated carbocycles. The van der Waals surface area contributed by atoms with E-state index in [-0.39, 0.29) is 25.2 Å². The van der Waals surface area contributed by atoms with E-state index in [4.69, 9.17) is 14.2 Å². The van der Waals surface area contributed by atoms with Crippen molar-refractivity contribution in [3.63, 3.8) is 0 Å². The van der Waals surface area contributed by atoms with Crippen molar-refractivity contribution in [2.75, 3.05) is 46.6 Å². The number of amides is 3. The van der Waals surface area contributed by atoms with Crippen molar-refractivity contribution in [2.24, 2.45) is 0 Å². The summed E-state index contributed by atoms with van der Waals surface area (Å²) in [7, 11) is 1.66. The standard InChI is InChI=1S/C34H46N4O7/c1-26(37(42)25-27-13-5-4-6-14-27)35-19-11-10-18-34(2,38-31(39)28-15-7-8-16-29(28)32(38)40)33(41)36(3)20-22-43-23-24-45-30-17-9-12-21-44-30/h4-8,13-16,30,42H,9-12,17-25H2,1-3H3/p+1. The number of unbranched alkanes of at least 4 members (excludes halogenated alkanes) is 1. The molecule has 11 nitrogen and oxygen atoms in total. The summed E-state index contributed by atoms with van der Waals surface area (Å²) in [6, 6.07) is 16.3. The van der Waals surface area contributed by atoms with E-state index in [2.05, 4.69) is 5.32 Å². The number of amidine groups is 1. The fraction of sp³-hybridized carbons (Fsp3) is 0.529. The molecular weight excluding hydrogens is 576 g/mol. The number of imide groups is 1. The number of carbonyl (C=O) groups is 3. The molecule has 2 unspecified atom stereocenters. The Kier molecular flexibility index (Phi) is 12.5. The molecule has 45 heavy (non-hydrogen) atoms. The predicted octanol–water partition coefficient (Wildman–Crippen LogP) is 3.84. The number of benzene rings is 2. The number of nitrogens with zero attached hydrogens (tertiary/aromatic N) is 3. The van der Waals surface area contributed by atoms with E-state index in [1.807, 2.05) is 30.3 Å². The molecule has 0 aromatic heterocycles. The van der Waals surface area contributed by atoms with Gasteiger partial charge in [0.25, 0.3) is 17.6 Å². The van der Waals surface area contributed by atoms with Gasteiger partial charge in [0, 0.05) is 27.1 Å². The van der Waals surface area contributed by atoms with Gasteiger partial charge in [0.05, 0.1) is 37.5 Å². The molecule has 0 radical (unpaired) electrons. The van der Waals surface area contributed by atoms with Crippen LogP contribution in [0.2, 0.25) is 0 Å². The highest BCUT2D eigenvalue weighted by atomic mass is 16.7. The number of carbonyl (C=O) groups excluding carboxylic acids is 3. The summed E-state index contributed by atoms with van der Waals surface area (Å²) in [5, 5.41) is 13.7. The first kappa shape index (κ1) is 34.1. The van der Waals surface area contributed by atoms with Gasteiger partial charge in [-0.15, -0.1) is 0 Å². The molecule has 1 fully saturated rings. The lowest BCUT2D eigenvalue weighted by atomic mass is 9.90. The molecule has 2 aliphatic heterocycles. The first-order chi connectivity index (χ1) is 21.7. The van der Waals surface area contributed by atoms with Crippen LogP contribution in [0.15, 0.2) is 54.6 Å². The molecule has 3 amide bonds. The molecule has 0 aliphatic carbocycles. The van der Waals surface area contributed by atoms with Crippen LogP contribution in [-0.2, 0) is 25.5 Å². The summed E-state index contributed by atoms with van der Waals surface area (Å²) >= 11 is 0. The second-order valence-electron chi connectivity index (χ2n) is 11.8. The number of nitrogens with one attached hydrogen (secondary N) is 1. The number of fused-ring (bicyclic) bond motifs is 1. The molecule has 2 aromatic rings. The van der Waals surface area contributed by atoms with E-state index in [1.165, 1.54) is 4.90 Å². The quantitative estimate of drug-likeness (QED) is 0.0551. The van der Waals surface area contributed by atoms with Gasteiger partial charge in [0.2, 0.25) is 5.91 Å². The van der Waals surface area contributed by atoms with E-state index in [0.717, 1.165) is 41.1 Å². The molecule has 2 aromatic carbocycles. The van der Waals surface area contributed by atoms with Crippen LogP contribution < -0.4 is 5.32 Å². The fourth-order valence-corrected chi connectivity index (χ4v) is 5.68. The average Bonchev–Trinajstić information content (AvgIpc) is 3.32. The Morgan fingerprint density at radius 1 is 1.04 bits per heavy atom. The predicted molar refractivity (Wildman–Crippen MR) is 168 cm³/mol. The third-order valence-corrected chi connectivity index (χ3v) is 8.37. The van der Waals surface area contributed by atoms with Gasteiger partial charge < -0.3 is 24.3 Å². The van der Waals surface area contributed by atoms with E-state index in [0.29, 0.717) is 62.7 Å². The minimum Gasteiger partial charge on any atom is -0.377 e. The van der Waals surface area contributed by atoms with Gasteiger partial charge in [-0.2, -0.15) is 0 Å². The minimum absolute atomic E-state index is 0.180. The highest BCUT2D eigenvalue weighted by Gasteiger charge is 2.51. The summed E-state index contributed by atoms with van der Waals surface area (Å²) in [5.41, 5.74) is 0.206. The van der Waals surface area contributed by atoms with E-state index >= 15 is 0 Å². The molecule has 2 atom stereocenters. The SMILES string of the molecule is CC(NCCCCC(C)(C(=O)N(C)CCOCCOC1CCCCO1)N1C(=O)c2ccccc2C1=O)=[N+](O)Cc1ccccc1. The first-order valence-electron chi connectivity index (χ1n) is 15.8. The number of ether oxygens (including phenoxy) is 3. The van der Waals surface area contributed by atoms with E-state index < -0.39 is 17.4 Å². The topological polar surface area (TPSA) is 121 Å². The molecule has 4 rings (SSSR count). The van der Waals surface area contributed by atoms with Crippen LogP contribution in [0.25, 0.3) is 0 Å². The summed E-state index contributed by atoms with van der Waals surface area (Å²) in [4.78, 5) is 43.6. The van der Waals surface area contributed by atoms with Gasteiger partial charge in [-0.1, -0.05) is 47.2 Å². The Morgan fingerprint density at radius 3 is 2.40 bits per heavy atom. The van der Waals surface area contributed by atoms with Gasteiger partial charge in [-0.25, -0.2) is 0 Å². The minimum atomic E-state index is -1.39. The third kappa shape index (κ3) is 8.90. The Labute approximate surface area is 265 Å². The Morgan fingerprint density at radius 2 is 1.73 bits per heavy atom. The maximum absolute atomic E-state index is 14.0. The zero-order valence-electron chi connectivity index (χ0n) is 26.7. The molecular formula is C34H47N4O7+. The maximum atomic E-state index is 14.0. The van der Waals surface area contributed by atoms with Gasteiger partial charge in [-0.05, 0) is 63.1 Å². The van der Waals surface area contributed by atoms with Crippen molar-refractivity contribution in [3.05, 3.63) is 71.3 Å². The van der Waals surface area contributed by atoms with Crippen LogP contribution in [0.5, 0.6) is 0 Å². The van der Waals surface area contributed by atoms with Crippen molar-refractivity contribution >= 4 is 23.6 Å². The van der Waals surface area contributed by atoms with Crippen LogP contribution in [-0.4, -0.2) is 102 Å². The highest BCUT2D eigenvalue weighted by molar-refractivity contribution is 6.23. The van der Waals surface area contributed by atoms with E-state index in [9.17, 15) is 19.6 Å². The summed E-state index contributed by atoms with van der Waals surface area (Å²) in [5.74, 6) is -0.642. The number of hydrogen-bond acceptors (Lipinski definition) is 7. The number of hydroxylamine groups is 1. The molecule has 0 bridgehead atoms. The average molecular weight is 624 g/mol. The molecule has 244 valence electrons. The first-order valence-corrected chi connectivity index (χ1v) is 15.8. The van der Waals surface area contributed by atoms with Crippen LogP contribution in [0.3, 0.4) is 0 Å². The Balaban J connectivity index is 1.33. The zero-order valence-corrected chi connectivity index (χ0v) is 26.7. The van der Waals surface area contributed by atoms with Crippen LogP contribution >= 0.6 is 0 Å². The summed E-state index contributed by atoms with van der Waals surface area (Å²) in [6.07, 6.45) is 4.35. The second-order valence-corrected chi connectivity index (χ2v) is 11.8. The van der Waals surface area contributed by atoms with E-state index in [1.54, 1.807) is 45.2 Å². The number of likely N-dealkylation sites (N-methyl/N-ethyl adjacent to an activating group) is 1. The lowest BCUT2D eigenvalue weighted by Crippen LogP contribution is -2.59. The normalized spacial score (nSPS) is 18.3. The van der Waals surface area contributed by atoms with Crippen molar-refractivity contribution in [1.82, 2.24) is 15.1 Å². The zero-order chi connectivity index (χ0) is 32.2. The highest BCUT2D eigenvalue weighted by Crippen LogP contribution is 2.34. The lowest BCUT2D eigenvalue weighted by Gasteiger charge is -2.38. The van der Waals surface area contributed by atoms with Crippen LogP contribution in [0.4, 0.5) is 0 Å². The van der Waals surface area contributed by atoms with Gasteiger partial charge >= 0.3 is 0 Å². The van der Waals surface area contributed by atoms with Crippen molar-refractivity contribution < 1.29 is 38.5 Å². The molecule has 1 saturated heterocycles. The molecule has 11 heteroatoms. The van der Waals surface area contributed by atoms with Crippen molar-refractivity contribution in [1.29, 1.82) is 0 Å². The smallest absolute Gasteiger partial charge is 0.281 e. The Bertz CT molecular complexity index is 1290. The van der Waals surface area contributed by atoms with Crippen molar-refractivity contribution in [3.8, 4) is 0 Å². The van der Waals surface area contributed by atoms with Gasteiger partial charge in [0.1, 0.15) is 5.54 Å². The largest absolute Gasteiger partial charge is 0.377 e. The van der Waals surface area contributed by atoms with Gasteiger partial charge in [0.15, 0.2) is 12.8 Å². The fourth-order valence-electron chi connectivity index (χ4n) is 5.68. The molecule has 2 heterocycles. The monoisotopic (exact) mass is 623 g/mol. The number of rotatable bonds is 16. The second kappa shape index (κ2) is 16.5. The summed E-state index contributed by atoms with van der Waals surface area (Å²) in [6.45, 7) is 6.43. The lowest BCUT2D eigenvalue weighted by molar-refractivity contribution is -0.788. The van der Waals surface area contributed by atoms with Crippen molar-refractivity contribution in [2.45, 2.75) is 70.7 Å². The molecule has 2 aliphatic rings. The summed E-state index contributed by atoms with van der Waals surface area (Å²) < 4.78 is 18.1. The molecule has 2 N–H and O–H groups in total. The molecule has 0 spiro atoms. The van der Waals surface area contributed by atoms with Crippen LogP contribution in [0, 0.1) is 0 Å². The van der Waals surface area contributed by atoms with Crippen LogP contribution in [0.1, 0.15) is 78.7 Å². The maximum Gasteiger partial charge on any atom is 0.281 e. The Hall–Kier alpha value is -3.80. The number of hydrogen-bond donors (Lipinski definition) is 2. The third-order valence-electron chi connectivity index (χ3n) is 8.37. The van der Waals surface area contributed by atoms with Gasteiger partial charge in [-0.3, -0.25) is 24.6 Å².